The van der Waals surface area contributed by atoms with Crippen molar-refractivity contribution in [2.75, 3.05) is 7.11 Å². The number of allylic oxidation sites excluding steroid dienone is 2. The van der Waals surface area contributed by atoms with Gasteiger partial charge in [-0.05, 0) is 30.3 Å². The molecule has 0 spiro atoms. The zero-order valence-electron chi connectivity index (χ0n) is 13.4. The van der Waals surface area contributed by atoms with Gasteiger partial charge < -0.3 is 4.74 Å². The van der Waals surface area contributed by atoms with Crippen LogP contribution in [0.15, 0.2) is 56.6 Å². The van der Waals surface area contributed by atoms with Gasteiger partial charge in [0.25, 0.3) is 0 Å². The molecule has 2 aliphatic heterocycles. The van der Waals surface area contributed by atoms with Crippen molar-refractivity contribution >= 4 is 40.8 Å². The van der Waals surface area contributed by atoms with Crippen molar-refractivity contribution in [3.8, 4) is 0 Å². The predicted molar refractivity (Wildman–Crippen MR) is 90.9 cm³/mol. The summed E-state index contributed by atoms with van der Waals surface area (Å²) in [4.78, 5) is 20.2. The summed E-state index contributed by atoms with van der Waals surface area (Å²) in [6.45, 7) is 0. The van der Waals surface area contributed by atoms with Crippen molar-refractivity contribution in [3.63, 3.8) is 0 Å². The van der Waals surface area contributed by atoms with Gasteiger partial charge in [0.1, 0.15) is 11.7 Å². The summed E-state index contributed by atoms with van der Waals surface area (Å²) in [6, 6.07) is 4.46. The second-order valence-corrected chi connectivity index (χ2v) is 6.26. The second-order valence-electron chi connectivity index (χ2n) is 5.42. The van der Waals surface area contributed by atoms with E-state index in [0.717, 1.165) is 24.1 Å². The molecule has 142 valence electrons. The van der Waals surface area contributed by atoms with Crippen molar-refractivity contribution in [3.05, 3.63) is 58.0 Å². The van der Waals surface area contributed by atoms with Crippen LogP contribution in [0, 0.1) is 5.82 Å². The predicted octanol–water partition coefficient (Wildman–Crippen LogP) is 3.93. The number of methoxy groups -OCH3 is 1. The number of esters is 1. The van der Waals surface area contributed by atoms with E-state index in [1.54, 1.807) is 0 Å². The van der Waals surface area contributed by atoms with E-state index in [2.05, 4.69) is 14.7 Å². The Hall–Kier alpha value is -2.39. The highest BCUT2D eigenvalue weighted by Crippen LogP contribution is 2.41. The van der Waals surface area contributed by atoms with Crippen LogP contribution in [0.25, 0.3) is 0 Å². The van der Waals surface area contributed by atoms with E-state index in [1.165, 1.54) is 24.4 Å². The summed E-state index contributed by atoms with van der Waals surface area (Å²) < 4.78 is 59.1. The number of amidine groups is 2. The molecule has 1 aromatic rings. The van der Waals surface area contributed by atoms with E-state index in [9.17, 15) is 22.4 Å². The lowest BCUT2D eigenvalue weighted by atomic mass is 10.1. The van der Waals surface area contributed by atoms with Gasteiger partial charge in [-0.25, -0.2) is 19.2 Å². The Bertz CT molecular complexity index is 923. The first-order valence-corrected chi connectivity index (χ1v) is 7.99. The zero-order chi connectivity index (χ0) is 20.0. The van der Waals surface area contributed by atoms with Gasteiger partial charge >= 0.3 is 17.8 Å². The highest BCUT2D eigenvalue weighted by Gasteiger charge is 2.65. The normalized spacial score (nSPS) is 22.3. The third kappa shape index (κ3) is 3.21. The number of halogens is 6. The Morgan fingerprint density at radius 3 is 2.30 bits per heavy atom. The summed E-state index contributed by atoms with van der Waals surface area (Å²) in [5.41, 5.74) is -3.49. The summed E-state index contributed by atoms with van der Waals surface area (Å²) >= 11 is 12.0. The van der Waals surface area contributed by atoms with Crippen LogP contribution < -0.4 is 0 Å². The molecule has 1 atom stereocenters. The van der Waals surface area contributed by atoms with Gasteiger partial charge in [0.15, 0.2) is 5.84 Å². The fourth-order valence-electron chi connectivity index (χ4n) is 2.46. The molecular formula is C16H9Cl2F4N3O2. The van der Waals surface area contributed by atoms with Crippen molar-refractivity contribution in [1.29, 1.82) is 0 Å². The molecule has 3 rings (SSSR count). The van der Waals surface area contributed by atoms with E-state index in [0.29, 0.717) is 0 Å². The van der Waals surface area contributed by atoms with Crippen molar-refractivity contribution in [2.45, 2.75) is 11.8 Å². The molecule has 0 aliphatic carbocycles. The third-order valence-electron chi connectivity index (χ3n) is 3.69. The second kappa shape index (κ2) is 6.65. The van der Waals surface area contributed by atoms with Crippen molar-refractivity contribution in [1.82, 2.24) is 4.90 Å². The first-order valence-electron chi connectivity index (χ1n) is 7.24. The molecule has 0 N–H and O–H groups in total. The molecule has 27 heavy (non-hydrogen) atoms. The van der Waals surface area contributed by atoms with Gasteiger partial charge in [-0.2, -0.15) is 13.2 Å². The number of benzene rings is 1. The van der Waals surface area contributed by atoms with Crippen molar-refractivity contribution < 1.29 is 27.1 Å². The molecule has 0 saturated carbocycles. The lowest BCUT2D eigenvalue weighted by Crippen LogP contribution is -2.56. The number of hydrogen-bond donors (Lipinski definition) is 0. The maximum atomic E-state index is 13.9. The molecule has 1 aromatic carbocycles. The van der Waals surface area contributed by atoms with Gasteiger partial charge in [0.2, 0.25) is 0 Å². The van der Waals surface area contributed by atoms with Crippen molar-refractivity contribution in [2.24, 2.45) is 9.98 Å². The maximum Gasteiger partial charge on any atom is 0.445 e. The van der Waals surface area contributed by atoms with Gasteiger partial charge in [-0.3, -0.25) is 4.90 Å². The Labute approximate surface area is 160 Å². The largest absolute Gasteiger partial charge is 0.465 e. The van der Waals surface area contributed by atoms with E-state index in [-0.39, 0.29) is 21.5 Å². The molecule has 2 heterocycles. The molecule has 0 bridgehead atoms. The molecule has 2 aliphatic rings. The van der Waals surface area contributed by atoms with Crippen LogP contribution in [0.3, 0.4) is 0 Å². The third-order valence-corrected chi connectivity index (χ3v) is 4.18. The van der Waals surface area contributed by atoms with Crippen LogP contribution in [0.1, 0.15) is 5.56 Å². The molecule has 0 saturated heterocycles. The number of alkyl halides is 3. The molecule has 0 aromatic heterocycles. The average molecular weight is 422 g/mol. The van der Waals surface area contributed by atoms with E-state index < -0.39 is 29.5 Å². The number of rotatable bonds is 2. The number of aliphatic imine (C=N–C) groups is 2. The summed E-state index contributed by atoms with van der Waals surface area (Å²) in [7, 11) is 0.782. The Morgan fingerprint density at radius 1 is 1.15 bits per heavy atom. The minimum Gasteiger partial charge on any atom is -0.465 e. The summed E-state index contributed by atoms with van der Waals surface area (Å²) in [5, 5.41) is -0.152. The maximum absolute atomic E-state index is 13.9. The summed E-state index contributed by atoms with van der Waals surface area (Å²) in [5.74, 6) is -3.11. The first kappa shape index (κ1) is 19.4. The smallest absolute Gasteiger partial charge is 0.445 e. The molecule has 0 amide bonds. The Kier molecular flexibility index (Phi) is 4.77. The lowest BCUT2D eigenvalue weighted by Gasteiger charge is -2.36. The molecule has 11 heteroatoms. The quantitative estimate of drug-likeness (QED) is 0.536. The standard InChI is InChI=1S/C16H9Cl2F4N3O2/c1-27-14(26)15(16(20,21)22)23-12(8-2-4-10(19)5-3-8)25-7-9(17)6-11(18)13(25)24-15/h2-7H,1H3/t15-/m1/s1. The van der Waals surface area contributed by atoms with Gasteiger partial charge in [-0.15, -0.1) is 0 Å². The summed E-state index contributed by atoms with van der Waals surface area (Å²) in [6.07, 6.45) is -2.83. The molecule has 0 radical (unpaired) electrons. The Balaban J connectivity index is 2.31. The van der Waals surface area contributed by atoms with Crippen LogP contribution in [-0.4, -0.2) is 41.5 Å². The molecule has 0 unspecified atom stereocenters. The number of fused-ring (bicyclic) bond motifs is 1. The highest BCUT2D eigenvalue weighted by atomic mass is 35.5. The molecule has 0 fully saturated rings. The highest BCUT2D eigenvalue weighted by molar-refractivity contribution is 6.47. The lowest BCUT2D eigenvalue weighted by molar-refractivity contribution is -0.202. The van der Waals surface area contributed by atoms with Gasteiger partial charge in [0.05, 0.1) is 17.2 Å². The zero-order valence-corrected chi connectivity index (χ0v) is 14.9. The fourth-order valence-corrected chi connectivity index (χ4v) is 2.97. The van der Waals surface area contributed by atoms with Crippen LogP contribution in [0.2, 0.25) is 0 Å². The van der Waals surface area contributed by atoms with Gasteiger partial charge in [-0.1, -0.05) is 23.2 Å². The van der Waals surface area contributed by atoms with E-state index >= 15 is 0 Å². The monoisotopic (exact) mass is 421 g/mol. The fraction of sp³-hybridized carbons (Fsp3) is 0.188. The number of carbonyl (C=O) groups is 1. The number of ether oxygens (including phenoxy) is 1. The van der Waals surface area contributed by atoms with E-state index in [4.69, 9.17) is 23.2 Å². The molecular weight excluding hydrogens is 413 g/mol. The number of carbonyl (C=O) groups excluding carboxylic acids is 1. The SMILES string of the molecule is COC(=O)[C@]1(C(F)(F)F)N=C2C(Cl)=CC(Cl)=CN2C(c2ccc(F)cc2)=N1. The number of hydrogen-bond acceptors (Lipinski definition) is 5. The topological polar surface area (TPSA) is 54.3 Å². The first-order chi connectivity index (χ1) is 12.6. The average Bonchev–Trinajstić information content (AvgIpc) is 2.60. The van der Waals surface area contributed by atoms with E-state index in [1.807, 2.05) is 0 Å². The molecule has 5 nitrogen and oxygen atoms in total. The van der Waals surface area contributed by atoms with Crippen LogP contribution in [-0.2, 0) is 9.53 Å². The Morgan fingerprint density at radius 2 is 1.74 bits per heavy atom. The van der Waals surface area contributed by atoms with Crippen LogP contribution in [0.5, 0.6) is 0 Å². The van der Waals surface area contributed by atoms with Gasteiger partial charge in [0, 0.05) is 11.8 Å². The van der Waals surface area contributed by atoms with Crippen LogP contribution in [0.4, 0.5) is 17.6 Å². The minimum atomic E-state index is -5.23. The minimum absolute atomic E-state index is 0.0772. The number of nitrogens with zero attached hydrogens (tertiary/aromatic N) is 3. The van der Waals surface area contributed by atoms with Crippen LogP contribution >= 0.6 is 23.2 Å².